The summed E-state index contributed by atoms with van der Waals surface area (Å²) in [5, 5.41) is 0. The average Bonchev–Trinajstić information content (AvgIpc) is 2.58. The molecule has 0 bridgehead atoms. The molecule has 0 atom stereocenters. The molecule has 1 aliphatic heterocycles. The molecule has 0 radical (unpaired) electrons. The molecule has 28 heavy (non-hydrogen) atoms. The van der Waals surface area contributed by atoms with Gasteiger partial charge in [0.15, 0.2) is 0 Å². The van der Waals surface area contributed by atoms with Crippen molar-refractivity contribution >= 4 is 32.3 Å². The first-order valence-corrected chi connectivity index (χ1v) is 24.2. The fourth-order valence-electron chi connectivity index (χ4n) is 4.68. The minimum Gasteiger partial charge on any atom is -0.108 e. The van der Waals surface area contributed by atoms with Crippen LogP contribution in [0.25, 0.3) is 0 Å². The van der Waals surface area contributed by atoms with Gasteiger partial charge in [0.25, 0.3) is 0 Å². The van der Waals surface area contributed by atoms with Gasteiger partial charge in [-0.15, -0.1) is 13.2 Å². The Morgan fingerprint density at radius 1 is 0.464 bits per heavy atom. The summed E-state index contributed by atoms with van der Waals surface area (Å²) < 4.78 is 0. The van der Waals surface area contributed by atoms with E-state index in [0.717, 1.165) is 0 Å². The molecule has 0 unspecified atom stereocenters. The molecule has 0 amide bonds. The van der Waals surface area contributed by atoms with E-state index in [-0.39, 0.29) is 0 Å². The van der Waals surface area contributed by atoms with Crippen LogP contribution in [0.5, 0.6) is 0 Å². The predicted octanol–water partition coefficient (Wildman–Crippen LogP) is 8.78. The lowest BCUT2D eigenvalue weighted by atomic mass is 10.3. The molecule has 0 aromatic heterocycles. The van der Waals surface area contributed by atoms with Crippen molar-refractivity contribution in [3.63, 3.8) is 0 Å². The van der Waals surface area contributed by atoms with E-state index in [1.54, 1.807) is 9.64 Å². The van der Waals surface area contributed by atoms with Gasteiger partial charge in [0.2, 0.25) is 0 Å². The van der Waals surface area contributed by atoms with Gasteiger partial charge < -0.3 is 0 Å². The summed E-state index contributed by atoms with van der Waals surface area (Å²) in [6.45, 7) is 29.8. The number of rotatable bonds is 0. The van der Waals surface area contributed by atoms with Gasteiger partial charge in [-0.2, -0.15) is 0 Å². The minimum atomic E-state index is -1.34. The molecule has 1 aliphatic rings. The molecule has 0 nitrogen and oxygen atoms in total. The third-order valence-electron chi connectivity index (χ3n) is 7.35. The third kappa shape index (κ3) is 7.58. The summed E-state index contributed by atoms with van der Waals surface area (Å²) in [5.41, 5.74) is 0. The highest BCUT2D eigenvalue weighted by Crippen LogP contribution is 2.33. The van der Waals surface area contributed by atoms with E-state index >= 15 is 0 Å². The summed E-state index contributed by atoms with van der Waals surface area (Å²) in [4.78, 5) is 3.39. The summed E-state index contributed by atoms with van der Waals surface area (Å²) in [6.07, 6.45) is 14.8. The molecule has 0 saturated heterocycles. The summed E-state index contributed by atoms with van der Waals surface area (Å²) in [5.74, 6) is 0. The Morgan fingerprint density at radius 3 is 0.821 bits per heavy atom. The second-order valence-electron chi connectivity index (χ2n) is 11.6. The largest absolute Gasteiger partial charge is 0.108 e. The van der Waals surface area contributed by atoms with Crippen LogP contribution in [0.1, 0.15) is 25.7 Å². The molecular weight excluding hydrogens is 401 g/mol. The van der Waals surface area contributed by atoms with Crippen LogP contribution in [-0.2, 0) is 0 Å². The Kier molecular flexibility index (Phi) is 9.45. The van der Waals surface area contributed by atoms with Gasteiger partial charge in [0.1, 0.15) is 0 Å². The van der Waals surface area contributed by atoms with E-state index in [0.29, 0.717) is 0 Å². The van der Waals surface area contributed by atoms with E-state index in [4.69, 9.17) is 0 Å². The van der Waals surface area contributed by atoms with Crippen LogP contribution >= 0.6 is 0 Å². The lowest BCUT2D eigenvalue weighted by Gasteiger charge is -2.36. The van der Waals surface area contributed by atoms with Crippen LogP contribution in [0.2, 0.25) is 76.6 Å². The first kappa shape index (κ1) is 25.9. The van der Waals surface area contributed by atoms with Gasteiger partial charge in [0.05, 0.1) is 32.3 Å². The van der Waals surface area contributed by atoms with Gasteiger partial charge >= 0.3 is 0 Å². The SMILES string of the molecule is C=C1[Si](C)(C)CC/C=C/CC[Si](C)(C)C(=C)[Si](C)(C)CC/C=C/CC[Si]1(C)C. The summed E-state index contributed by atoms with van der Waals surface area (Å²) in [7, 11) is -5.36. The Hall–Kier alpha value is -0.172. The van der Waals surface area contributed by atoms with Gasteiger partial charge in [0, 0.05) is 0 Å². The fourth-order valence-corrected chi connectivity index (χ4v) is 25.6. The highest BCUT2D eigenvalue weighted by Gasteiger charge is 2.36. The van der Waals surface area contributed by atoms with Crippen LogP contribution in [0.15, 0.2) is 47.1 Å². The zero-order chi connectivity index (χ0) is 21.6. The molecule has 0 spiro atoms. The molecular formula is C24H48Si4. The van der Waals surface area contributed by atoms with Crippen molar-refractivity contribution in [1.82, 2.24) is 0 Å². The predicted molar refractivity (Wildman–Crippen MR) is 144 cm³/mol. The van der Waals surface area contributed by atoms with Crippen molar-refractivity contribution in [2.45, 2.75) is 102 Å². The number of hydrogen-bond donors (Lipinski definition) is 0. The molecule has 1 heterocycles. The Bertz CT molecular complexity index is 504. The third-order valence-corrected chi connectivity index (χ3v) is 28.2. The second kappa shape index (κ2) is 10.2. The van der Waals surface area contributed by atoms with Crippen molar-refractivity contribution in [2.75, 3.05) is 0 Å². The summed E-state index contributed by atoms with van der Waals surface area (Å²) >= 11 is 0. The smallest absolute Gasteiger partial charge is 0.0708 e. The minimum absolute atomic E-state index is 1.24. The first-order chi connectivity index (χ1) is 12.7. The van der Waals surface area contributed by atoms with Crippen LogP contribution in [0.4, 0.5) is 0 Å². The molecule has 160 valence electrons. The quantitative estimate of drug-likeness (QED) is 0.256. The van der Waals surface area contributed by atoms with Crippen molar-refractivity contribution in [3.8, 4) is 0 Å². The lowest BCUT2D eigenvalue weighted by Crippen LogP contribution is -2.43. The Morgan fingerprint density at radius 2 is 0.643 bits per heavy atom. The van der Waals surface area contributed by atoms with E-state index in [9.17, 15) is 0 Å². The lowest BCUT2D eigenvalue weighted by molar-refractivity contribution is 1.09. The zero-order valence-corrected chi connectivity index (χ0v) is 24.4. The van der Waals surface area contributed by atoms with Gasteiger partial charge in [-0.25, -0.2) is 0 Å². The topological polar surface area (TPSA) is 0 Å². The van der Waals surface area contributed by atoms with Crippen molar-refractivity contribution in [2.24, 2.45) is 0 Å². The molecule has 1 rings (SSSR count). The molecule has 0 N–H and O–H groups in total. The second-order valence-corrected chi connectivity index (χ2v) is 32.1. The summed E-state index contributed by atoms with van der Waals surface area (Å²) in [6, 6.07) is 5.45. The highest BCUT2D eigenvalue weighted by atomic mass is 28.4. The van der Waals surface area contributed by atoms with Crippen molar-refractivity contribution in [3.05, 3.63) is 47.1 Å². The molecule has 0 aromatic rings. The first-order valence-electron chi connectivity index (χ1n) is 11.4. The van der Waals surface area contributed by atoms with Crippen molar-refractivity contribution < 1.29 is 0 Å². The normalized spacial score (nSPS) is 28.7. The van der Waals surface area contributed by atoms with Gasteiger partial charge in [-0.1, -0.05) is 110 Å². The van der Waals surface area contributed by atoms with E-state index in [1.807, 2.05) is 0 Å². The average molecular weight is 449 g/mol. The Balaban J connectivity index is 2.97. The van der Waals surface area contributed by atoms with Crippen LogP contribution in [-0.4, -0.2) is 32.3 Å². The molecule has 0 aromatic carbocycles. The maximum Gasteiger partial charge on any atom is 0.0708 e. The maximum absolute atomic E-state index is 4.67. The Labute approximate surface area is 181 Å². The molecule has 4 heteroatoms. The van der Waals surface area contributed by atoms with E-state index in [2.05, 4.69) is 89.8 Å². The van der Waals surface area contributed by atoms with E-state index < -0.39 is 32.3 Å². The number of hydrogen-bond acceptors (Lipinski definition) is 0. The zero-order valence-electron chi connectivity index (χ0n) is 20.4. The van der Waals surface area contributed by atoms with Crippen LogP contribution in [0.3, 0.4) is 0 Å². The van der Waals surface area contributed by atoms with Crippen LogP contribution < -0.4 is 0 Å². The molecule has 0 fully saturated rings. The van der Waals surface area contributed by atoms with Gasteiger partial charge in [-0.3, -0.25) is 0 Å². The highest BCUT2D eigenvalue weighted by molar-refractivity contribution is 7.06. The maximum atomic E-state index is 4.67. The fraction of sp³-hybridized carbons (Fsp3) is 0.667. The standard InChI is InChI=1S/C24H48Si4/c1-23-25(3,4)19-15-11-13-17-21-27(7,8)24(2)28(9,10)22-18-14-12-16-20-26(23,5)6/h11-14H,1-2,15-22H2,3-10H3/b13-11+,14-12+. The van der Waals surface area contributed by atoms with Gasteiger partial charge in [-0.05, 0) is 25.7 Å². The van der Waals surface area contributed by atoms with E-state index in [1.165, 1.54) is 49.9 Å². The monoisotopic (exact) mass is 448 g/mol. The van der Waals surface area contributed by atoms with Crippen molar-refractivity contribution in [1.29, 1.82) is 0 Å². The molecule has 0 saturated carbocycles. The number of allylic oxidation sites excluding steroid dienone is 4. The molecule has 0 aliphatic carbocycles. The van der Waals surface area contributed by atoms with Crippen LogP contribution in [0, 0.1) is 0 Å².